The zero-order valence-corrected chi connectivity index (χ0v) is 12.7. The van der Waals surface area contributed by atoms with Crippen molar-refractivity contribution in [1.29, 1.82) is 0 Å². The van der Waals surface area contributed by atoms with Gasteiger partial charge in [0.25, 0.3) is 0 Å². The predicted octanol–water partition coefficient (Wildman–Crippen LogP) is 5.25. The van der Waals surface area contributed by atoms with Gasteiger partial charge in [-0.2, -0.15) is 0 Å². The van der Waals surface area contributed by atoms with E-state index < -0.39 is 11.6 Å². The van der Waals surface area contributed by atoms with Gasteiger partial charge in [0.1, 0.15) is 5.03 Å². The largest absolute Gasteiger partial charge is 0.368 e. The first kappa shape index (κ1) is 15.4. The number of halogens is 4. The van der Waals surface area contributed by atoms with Crippen LogP contribution in [-0.4, -0.2) is 11.5 Å². The Morgan fingerprint density at radius 3 is 2.55 bits per heavy atom. The van der Waals surface area contributed by atoms with E-state index in [-0.39, 0.29) is 10.8 Å². The van der Waals surface area contributed by atoms with Gasteiger partial charge in [-0.25, -0.2) is 13.8 Å². The number of rotatable bonds is 4. The molecule has 0 spiro atoms. The molecule has 2 rings (SSSR count). The highest BCUT2D eigenvalue weighted by atomic mass is 35.5. The lowest BCUT2D eigenvalue weighted by atomic mass is 10.4. The maximum absolute atomic E-state index is 13.7. The summed E-state index contributed by atoms with van der Waals surface area (Å²) >= 11 is 12.8. The highest BCUT2D eigenvalue weighted by Crippen LogP contribution is 2.33. The molecule has 0 atom stereocenters. The SMILES string of the molecule is CCNc1nc(Sc2ccc(Cl)c(Cl)c2)c(F)cc1F. The van der Waals surface area contributed by atoms with Crippen LogP contribution >= 0.6 is 35.0 Å². The van der Waals surface area contributed by atoms with E-state index >= 15 is 0 Å². The van der Waals surface area contributed by atoms with Gasteiger partial charge in [0.2, 0.25) is 0 Å². The Bertz CT molecular complexity index is 638. The number of hydrogen-bond donors (Lipinski definition) is 1. The Labute approximate surface area is 129 Å². The van der Waals surface area contributed by atoms with E-state index in [1.54, 1.807) is 25.1 Å². The molecule has 1 aromatic heterocycles. The van der Waals surface area contributed by atoms with E-state index in [9.17, 15) is 8.78 Å². The molecule has 0 saturated heterocycles. The third kappa shape index (κ3) is 3.53. The summed E-state index contributed by atoms with van der Waals surface area (Å²) in [6, 6.07) is 5.71. The summed E-state index contributed by atoms with van der Waals surface area (Å²) in [5, 5.41) is 3.59. The standard InChI is InChI=1S/C13H10Cl2F2N2S/c1-2-18-12-10(16)6-11(17)13(19-12)20-7-3-4-8(14)9(15)5-7/h3-6H,2H2,1H3,(H,18,19). The first-order valence-electron chi connectivity index (χ1n) is 5.74. The zero-order valence-electron chi connectivity index (χ0n) is 10.4. The van der Waals surface area contributed by atoms with E-state index in [1.807, 2.05) is 0 Å². The third-order valence-electron chi connectivity index (χ3n) is 2.35. The lowest BCUT2D eigenvalue weighted by Gasteiger charge is -2.08. The summed E-state index contributed by atoms with van der Waals surface area (Å²) in [4.78, 5) is 4.60. The lowest BCUT2D eigenvalue weighted by molar-refractivity contribution is 0.551. The normalized spacial score (nSPS) is 10.7. The molecule has 0 radical (unpaired) electrons. The quantitative estimate of drug-likeness (QED) is 0.826. The molecule has 106 valence electrons. The maximum Gasteiger partial charge on any atom is 0.168 e. The van der Waals surface area contributed by atoms with E-state index in [0.29, 0.717) is 21.5 Å². The minimum atomic E-state index is -0.722. The molecule has 0 aliphatic rings. The van der Waals surface area contributed by atoms with Crippen LogP contribution in [0, 0.1) is 11.6 Å². The Morgan fingerprint density at radius 1 is 1.15 bits per heavy atom. The summed E-state index contributed by atoms with van der Waals surface area (Å²) in [7, 11) is 0. The number of aromatic nitrogens is 1. The summed E-state index contributed by atoms with van der Waals surface area (Å²) in [6.45, 7) is 2.29. The van der Waals surface area contributed by atoms with Crippen LogP contribution in [-0.2, 0) is 0 Å². The molecule has 2 nitrogen and oxygen atoms in total. The van der Waals surface area contributed by atoms with Gasteiger partial charge in [0.15, 0.2) is 17.5 Å². The molecular weight excluding hydrogens is 325 g/mol. The first-order chi connectivity index (χ1) is 9.51. The Hall–Kier alpha value is -1.04. The second-order valence-corrected chi connectivity index (χ2v) is 5.69. The predicted molar refractivity (Wildman–Crippen MR) is 78.9 cm³/mol. The van der Waals surface area contributed by atoms with Crippen LogP contribution in [0.5, 0.6) is 0 Å². The molecule has 0 unspecified atom stereocenters. The van der Waals surface area contributed by atoms with Crippen molar-refractivity contribution in [3.05, 3.63) is 45.9 Å². The van der Waals surface area contributed by atoms with Gasteiger partial charge in [0, 0.05) is 17.5 Å². The van der Waals surface area contributed by atoms with Crippen LogP contribution in [0.1, 0.15) is 6.92 Å². The van der Waals surface area contributed by atoms with Gasteiger partial charge in [-0.05, 0) is 25.1 Å². The lowest BCUT2D eigenvalue weighted by Crippen LogP contribution is -2.04. The van der Waals surface area contributed by atoms with Crippen LogP contribution in [0.15, 0.2) is 34.2 Å². The number of hydrogen-bond acceptors (Lipinski definition) is 3. The van der Waals surface area contributed by atoms with Crippen molar-refractivity contribution in [2.45, 2.75) is 16.8 Å². The minimum absolute atomic E-state index is 0.0245. The van der Waals surface area contributed by atoms with Gasteiger partial charge >= 0.3 is 0 Å². The number of pyridine rings is 1. The van der Waals surface area contributed by atoms with Crippen molar-refractivity contribution in [3.8, 4) is 0 Å². The van der Waals surface area contributed by atoms with E-state index in [4.69, 9.17) is 23.2 Å². The minimum Gasteiger partial charge on any atom is -0.368 e. The number of anilines is 1. The summed E-state index contributed by atoms with van der Waals surface area (Å²) in [6.07, 6.45) is 0. The van der Waals surface area contributed by atoms with Gasteiger partial charge in [-0.3, -0.25) is 0 Å². The van der Waals surface area contributed by atoms with Crippen molar-refractivity contribution >= 4 is 40.8 Å². The topological polar surface area (TPSA) is 24.9 Å². The Morgan fingerprint density at radius 2 is 1.90 bits per heavy atom. The molecule has 0 amide bonds. The van der Waals surface area contributed by atoms with Crippen LogP contribution in [0.3, 0.4) is 0 Å². The van der Waals surface area contributed by atoms with E-state index in [0.717, 1.165) is 17.8 Å². The molecule has 20 heavy (non-hydrogen) atoms. The highest BCUT2D eigenvalue weighted by molar-refractivity contribution is 7.99. The smallest absolute Gasteiger partial charge is 0.168 e. The molecule has 7 heteroatoms. The van der Waals surface area contributed by atoms with Crippen molar-refractivity contribution in [2.75, 3.05) is 11.9 Å². The Kier molecular flexibility index (Phi) is 5.07. The number of nitrogens with one attached hydrogen (secondary N) is 1. The molecular formula is C13H10Cl2F2N2S. The number of nitrogens with zero attached hydrogens (tertiary/aromatic N) is 1. The third-order valence-corrected chi connectivity index (χ3v) is 4.06. The fourth-order valence-corrected chi connectivity index (χ4v) is 2.66. The number of benzene rings is 1. The first-order valence-corrected chi connectivity index (χ1v) is 7.31. The molecule has 0 fully saturated rings. The van der Waals surface area contributed by atoms with Crippen molar-refractivity contribution < 1.29 is 8.78 Å². The summed E-state index contributed by atoms with van der Waals surface area (Å²) in [5.74, 6) is -1.42. The van der Waals surface area contributed by atoms with Crippen molar-refractivity contribution in [1.82, 2.24) is 4.98 Å². The monoisotopic (exact) mass is 334 g/mol. The average Bonchev–Trinajstić information content (AvgIpc) is 2.39. The van der Waals surface area contributed by atoms with E-state index in [1.165, 1.54) is 0 Å². The molecule has 1 aromatic carbocycles. The van der Waals surface area contributed by atoms with Crippen molar-refractivity contribution in [3.63, 3.8) is 0 Å². The van der Waals surface area contributed by atoms with Gasteiger partial charge < -0.3 is 5.32 Å². The van der Waals surface area contributed by atoms with Crippen LogP contribution < -0.4 is 5.32 Å². The molecule has 2 aromatic rings. The molecule has 0 aliphatic heterocycles. The van der Waals surface area contributed by atoms with Gasteiger partial charge in [-0.15, -0.1) is 0 Å². The molecule has 1 heterocycles. The van der Waals surface area contributed by atoms with Crippen molar-refractivity contribution in [2.24, 2.45) is 0 Å². The van der Waals surface area contributed by atoms with Crippen LogP contribution in [0.4, 0.5) is 14.6 Å². The molecule has 0 saturated carbocycles. The fourth-order valence-electron chi connectivity index (χ4n) is 1.46. The van der Waals surface area contributed by atoms with Crippen LogP contribution in [0.25, 0.3) is 0 Å². The fraction of sp³-hybridized carbons (Fsp3) is 0.154. The van der Waals surface area contributed by atoms with Gasteiger partial charge in [0.05, 0.1) is 10.0 Å². The second kappa shape index (κ2) is 6.61. The van der Waals surface area contributed by atoms with Crippen LogP contribution in [0.2, 0.25) is 10.0 Å². The summed E-state index contributed by atoms with van der Waals surface area (Å²) < 4.78 is 27.2. The zero-order chi connectivity index (χ0) is 14.7. The Balaban J connectivity index is 2.32. The molecule has 0 bridgehead atoms. The summed E-state index contributed by atoms with van der Waals surface area (Å²) in [5.41, 5.74) is 0. The van der Waals surface area contributed by atoms with E-state index in [2.05, 4.69) is 10.3 Å². The highest BCUT2D eigenvalue weighted by Gasteiger charge is 2.13. The molecule has 1 N–H and O–H groups in total. The second-order valence-electron chi connectivity index (χ2n) is 3.81. The average molecular weight is 335 g/mol. The maximum atomic E-state index is 13.7. The molecule has 0 aliphatic carbocycles. The van der Waals surface area contributed by atoms with Gasteiger partial charge in [-0.1, -0.05) is 35.0 Å².